The van der Waals surface area contributed by atoms with Gasteiger partial charge in [0.15, 0.2) is 5.82 Å². The van der Waals surface area contributed by atoms with Gasteiger partial charge in [-0.3, -0.25) is 4.79 Å². The number of rotatable bonds is 4. The highest BCUT2D eigenvalue weighted by atomic mass is 32.1. The lowest BCUT2D eigenvalue weighted by atomic mass is 10.3. The molecule has 3 heterocycles. The summed E-state index contributed by atoms with van der Waals surface area (Å²) in [4.78, 5) is 18.2. The molecule has 0 unspecified atom stereocenters. The summed E-state index contributed by atoms with van der Waals surface area (Å²) in [5, 5.41) is 10.8. The first-order valence-corrected chi connectivity index (χ1v) is 8.74. The summed E-state index contributed by atoms with van der Waals surface area (Å²) < 4.78 is 5.34. The van der Waals surface area contributed by atoms with Crippen LogP contribution in [0.1, 0.15) is 39.8 Å². The van der Waals surface area contributed by atoms with E-state index in [-0.39, 0.29) is 5.91 Å². The third kappa shape index (κ3) is 2.57. The largest absolute Gasteiger partial charge is 0.333 e. The lowest BCUT2D eigenvalue weighted by Crippen LogP contribution is -2.10. The van der Waals surface area contributed by atoms with E-state index in [1.807, 2.05) is 29.8 Å². The highest BCUT2D eigenvalue weighted by Crippen LogP contribution is 2.40. The van der Waals surface area contributed by atoms with Crippen LogP contribution in [-0.4, -0.2) is 16.0 Å². The quantitative estimate of drug-likeness (QED) is 0.774. The van der Waals surface area contributed by atoms with Gasteiger partial charge in [-0.2, -0.15) is 4.98 Å². The Morgan fingerprint density at radius 3 is 3.00 bits per heavy atom. The molecule has 1 aliphatic rings. The smallest absolute Gasteiger partial charge is 0.270 e. The average molecular weight is 331 g/mol. The Bertz CT molecular complexity index is 829. The summed E-state index contributed by atoms with van der Waals surface area (Å²) in [6.07, 6.45) is 2.26. The van der Waals surface area contributed by atoms with Crippen LogP contribution >= 0.6 is 22.7 Å². The number of aromatic nitrogens is 2. The van der Waals surface area contributed by atoms with E-state index in [0.717, 1.165) is 29.1 Å². The molecule has 1 aliphatic carbocycles. The molecule has 3 aromatic rings. The second kappa shape index (κ2) is 5.33. The molecular formula is C15H13N3O2S2. The molecule has 3 aromatic heterocycles. The minimum Gasteiger partial charge on any atom is -0.333 e. The number of hydrogen-bond acceptors (Lipinski definition) is 6. The van der Waals surface area contributed by atoms with Crippen LogP contribution in [0, 0.1) is 6.92 Å². The number of carbonyl (C=O) groups excluding carboxylic acids is 1. The Kier molecular flexibility index (Phi) is 3.31. The van der Waals surface area contributed by atoms with Gasteiger partial charge in [0.25, 0.3) is 11.8 Å². The minimum atomic E-state index is -0.111. The SMILES string of the molecule is Cc1csc(C(=O)Nc2ccsc2-c2nc(C3CC3)no2)c1. The Labute approximate surface area is 135 Å². The van der Waals surface area contributed by atoms with Gasteiger partial charge in [0, 0.05) is 5.92 Å². The van der Waals surface area contributed by atoms with Crippen molar-refractivity contribution < 1.29 is 9.32 Å². The van der Waals surface area contributed by atoms with E-state index >= 15 is 0 Å². The molecule has 1 amide bonds. The van der Waals surface area contributed by atoms with E-state index in [0.29, 0.717) is 22.4 Å². The van der Waals surface area contributed by atoms with E-state index in [4.69, 9.17) is 4.52 Å². The standard InChI is InChI=1S/C15H13N3O2S2/c1-8-6-11(22-7-8)14(19)16-10-4-5-21-12(10)15-17-13(18-20-15)9-2-3-9/h4-7,9H,2-3H2,1H3,(H,16,19). The fourth-order valence-corrected chi connectivity index (χ4v) is 3.70. The third-order valence-corrected chi connectivity index (χ3v) is 5.40. The topological polar surface area (TPSA) is 68.0 Å². The van der Waals surface area contributed by atoms with E-state index < -0.39 is 0 Å². The summed E-state index contributed by atoms with van der Waals surface area (Å²) in [6.45, 7) is 1.97. The van der Waals surface area contributed by atoms with Crippen LogP contribution in [0.25, 0.3) is 10.8 Å². The molecule has 1 fully saturated rings. The summed E-state index contributed by atoms with van der Waals surface area (Å²) in [6, 6.07) is 3.74. The zero-order valence-electron chi connectivity index (χ0n) is 11.8. The maximum Gasteiger partial charge on any atom is 0.270 e. The number of nitrogens with zero attached hydrogens (tertiary/aromatic N) is 2. The number of hydrogen-bond donors (Lipinski definition) is 1. The van der Waals surface area contributed by atoms with Gasteiger partial charge in [0.05, 0.1) is 10.6 Å². The lowest BCUT2D eigenvalue weighted by Gasteiger charge is -2.02. The molecule has 4 rings (SSSR count). The van der Waals surface area contributed by atoms with Crippen molar-refractivity contribution in [2.24, 2.45) is 0 Å². The molecule has 5 nitrogen and oxygen atoms in total. The Morgan fingerprint density at radius 2 is 2.27 bits per heavy atom. The number of amides is 1. The number of aryl methyl sites for hydroxylation is 1. The number of anilines is 1. The zero-order valence-corrected chi connectivity index (χ0v) is 13.5. The normalized spacial score (nSPS) is 14.2. The first-order chi connectivity index (χ1) is 10.7. The van der Waals surface area contributed by atoms with Crippen LogP contribution < -0.4 is 5.32 Å². The highest BCUT2D eigenvalue weighted by Gasteiger charge is 2.29. The lowest BCUT2D eigenvalue weighted by molar-refractivity contribution is 0.103. The van der Waals surface area contributed by atoms with Crippen LogP contribution in [-0.2, 0) is 0 Å². The van der Waals surface area contributed by atoms with Crippen LogP contribution in [0.4, 0.5) is 5.69 Å². The van der Waals surface area contributed by atoms with Crippen LogP contribution in [0.5, 0.6) is 0 Å². The average Bonchev–Trinajstić information content (AvgIpc) is 2.92. The molecule has 112 valence electrons. The maximum absolute atomic E-state index is 12.3. The van der Waals surface area contributed by atoms with Gasteiger partial charge in [-0.25, -0.2) is 0 Å². The van der Waals surface area contributed by atoms with Gasteiger partial charge < -0.3 is 9.84 Å². The predicted molar refractivity (Wildman–Crippen MR) is 86.6 cm³/mol. The van der Waals surface area contributed by atoms with E-state index in [9.17, 15) is 4.79 Å². The Hall–Kier alpha value is -1.99. The van der Waals surface area contributed by atoms with Crippen molar-refractivity contribution in [1.29, 1.82) is 0 Å². The summed E-state index contributed by atoms with van der Waals surface area (Å²) in [5.41, 5.74) is 1.80. The van der Waals surface area contributed by atoms with Crippen LogP contribution in [0.3, 0.4) is 0 Å². The maximum atomic E-state index is 12.3. The molecule has 0 radical (unpaired) electrons. The molecule has 22 heavy (non-hydrogen) atoms. The van der Waals surface area contributed by atoms with E-state index in [1.54, 1.807) is 0 Å². The highest BCUT2D eigenvalue weighted by molar-refractivity contribution is 7.14. The molecule has 1 saturated carbocycles. The van der Waals surface area contributed by atoms with E-state index in [1.165, 1.54) is 22.7 Å². The van der Waals surface area contributed by atoms with Gasteiger partial charge in [-0.15, -0.1) is 22.7 Å². The zero-order chi connectivity index (χ0) is 15.1. The second-order valence-electron chi connectivity index (χ2n) is 5.34. The molecule has 7 heteroatoms. The summed E-state index contributed by atoms with van der Waals surface area (Å²) >= 11 is 2.92. The number of carbonyl (C=O) groups is 1. The van der Waals surface area contributed by atoms with Gasteiger partial charge in [-0.1, -0.05) is 5.16 Å². The molecule has 0 saturated heterocycles. The predicted octanol–water partition coefficient (Wildman–Crippen LogP) is 4.30. The second-order valence-corrected chi connectivity index (χ2v) is 7.17. The summed E-state index contributed by atoms with van der Waals surface area (Å²) in [7, 11) is 0. The van der Waals surface area contributed by atoms with Crippen molar-refractivity contribution in [2.75, 3.05) is 5.32 Å². The molecule has 0 spiro atoms. The van der Waals surface area contributed by atoms with Gasteiger partial charge in [-0.05, 0) is 48.2 Å². The van der Waals surface area contributed by atoms with Crippen molar-refractivity contribution in [2.45, 2.75) is 25.7 Å². The first kappa shape index (κ1) is 13.7. The third-order valence-electron chi connectivity index (χ3n) is 3.45. The minimum absolute atomic E-state index is 0.111. The van der Waals surface area contributed by atoms with Gasteiger partial charge in [0.2, 0.25) is 0 Å². The van der Waals surface area contributed by atoms with Gasteiger partial charge >= 0.3 is 0 Å². The fourth-order valence-electron chi connectivity index (χ4n) is 2.14. The Morgan fingerprint density at radius 1 is 1.41 bits per heavy atom. The molecule has 1 N–H and O–H groups in total. The van der Waals surface area contributed by atoms with Crippen molar-refractivity contribution in [3.8, 4) is 10.8 Å². The van der Waals surface area contributed by atoms with Gasteiger partial charge in [0.1, 0.15) is 4.88 Å². The van der Waals surface area contributed by atoms with Crippen LogP contribution in [0.15, 0.2) is 27.4 Å². The molecular weight excluding hydrogens is 318 g/mol. The van der Waals surface area contributed by atoms with E-state index in [2.05, 4.69) is 15.5 Å². The molecule has 0 bridgehead atoms. The number of thiophene rings is 2. The molecule has 0 aromatic carbocycles. The summed E-state index contributed by atoms with van der Waals surface area (Å²) in [5.74, 6) is 1.59. The van der Waals surface area contributed by atoms with Crippen LogP contribution in [0.2, 0.25) is 0 Å². The van der Waals surface area contributed by atoms with Crippen molar-refractivity contribution >= 4 is 34.3 Å². The van der Waals surface area contributed by atoms with Crippen molar-refractivity contribution in [3.05, 3.63) is 39.2 Å². The van der Waals surface area contributed by atoms with Crippen molar-refractivity contribution in [1.82, 2.24) is 10.1 Å². The Balaban J connectivity index is 1.57. The number of nitrogens with one attached hydrogen (secondary N) is 1. The molecule has 0 aliphatic heterocycles. The van der Waals surface area contributed by atoms with Crippen molar-refractivity contribution in [3.63, 3.8) is 0 Å². The fraction of sp³-hybridized carbons (Fsp3) is 0.267. The first-order valence-electron chi connectivity index (χ1n) is 6.98. The monoisotopic (exact) mass is 331 g/mol. The molecule has 0 atom stereocenters.